The molecule has 26 heavy (non-hydrogen) atoms. The molecule has 1 heterocycles. The Hall–Kier alpha value is -2.88. The number of para-hydroxylation sites is 1. The van der Waals surface area contributed by atoms with Crippen LogP contribution in [0.4, 0.5) is 5.69 Å². The molecule has 134 valence electrons. The van der Waals surface area contributed by atoms with Gasteiger partial charge in [0, 0.05) is 0 Å². The van der Waals surface area contributed by atoms with Crippen LogP contribution in [0.25, 0.3) is 6.08 Å². The molecule has 0 unspecified atom stereocenters. The number of carbonyl (C=O) groups is 1. The first-order valence-electron chi connectivity index (χ1n) is 9.08. The first kappa shape index (κ1) is 17.9. The van der Waals surface area contributed by atoms with Crippen molar-refractivity contribution >= 4 is 23.4 Å². The predicted molar refractivity (Wildman–Crippen MR) is 106 cm³/mol. The van der Waals surface area contributed by atoms with Gasteiger partial charge in [0.25, 0.3) is 5.91 Å². The van der Waals surface area contributed by atoms with Crippen LogP contribution in [0.15, 0.2) is 65.3 Å². The van der Waals surface area contributed by atoms with E-state index in [0.717, 1.165) is 35.7 Å². The maximum atomic E-state index is 12.7. The lowest BCUT2D eigenvalue weighted by atomic mass is 10.1. The van der Waals surface area contributed by atoms with Crippen LogP contribution in [0.3, 0.4) is 0 Å². The summed E-state index contributed by atoms with van der Waals surface area (Å²) in [6.45, 7) is 4.78. The van der Waals surface area contributed by atoms with Crippen LogP contribution in [0.5, 0.6) is 5.75 Å². The number of rotatable bonds is 7. The third-order valence-electron chi connectivity index (χ3n) is 4.27. The Morgan fingerprint density at radius 2 is 1.77 bits per heavy atom. The molecule has 0 saturated carbocycles. The molecule has 1 aliphatic rings. The topological polar surface area (TPSA) is 41.9 Å². The molecule has 0 N–H and O–H groups in total. The van der Waals surface area contributed by atoms with Gasteiger partial charge in [0.15, 0.2) is 0 Å². The smallest absolute Gasteiger partial charge is 0.280 e. The Morgan fingerprint density at radius 3 is 2.46 bits per heavy atom. The van der Waals surface area contributed by atoms with Gasteiger partial charge in [0.05, 0.1) is 23.6 Å². The Labute approximate surface area is 154 Å². The molecule has 3 rings (SSSR count). The van der Waals surface area contributed by atoms with Crippen molar-refractivity contribution in [3.8, 4) is 5.75 Å². The first-order chi connectivity index (χ1) is 12.7. The molecule has 2 aromatic rings. The van der Waals surface area contributed by atoms with E-state index in [0.29, 0.717) is 5.57 Å². The first-order valence-corrected chi connectivity index (χ1v) is 9.08. The summed E-state index contributed by atoms with van der Waals surface area (Å²) in [6.07, 6.45) is 5.32. The second-order valence-corrected chi connectivity index (χ2v) is 6.32. The molecule has 0 aromatic heterocycles. The standard InChI is InChI=1S/C22H24N2O2/c1-3-4-8-15-26-20-13-11-18(12-14-20)16-21-17(2)23-24(22(21)25)19-9-6-5-7-10-19/h5-7,9-14,16H,3-4,8,15H2,1-2H3. The second-order valence-electron chi connectivity index (χ2n) is 6.32. The van der Waals surface area contributed by atoms with Crippen LogP contribution in [0, 0.1) is 0 Å². The molecule has 0 aliphatic carbocycles. The van der Waals surface area contributed by atoms with Gasteiger partial charge in [-0.05, 0) is 49.2 Å². The number of amides is 1. The molecular weight excluding hydrogens is 324 g/mol. The summed E-state index contributed by atoms with van der Waals surface area (Å²) >= 11 is 0. The molecule has 0 fully saturated rings. The summed E-state index contributed by atoms with van der Waals surface area (Å²) in [7, 11) is 0. The van der Waals surface area contributed by atoms with E-state index in [1.165, 1.54) is 17.9 Å². The number of hydrazone groups is 1. The summed E-state index contributed by atoms with van der Waals surface area (Å²) in [6, 6.07) is 17.3. The Balaban J connectivity index is 1.70. The molecule has 1 aliphatic heterocycles. The number of hydrogen-bond donors (Lipinski definition) is 0. The fourth-order valence-corrected chi connectivity index (χ4v) is 2.80. The summed E-state index contributed by atoms with van der Waals surface area (Å²) in [4.78, 5) is 12.7. The number of anilines is 1. The van der Waals surface area contributed by atoms with Crippen molar-refractivity contribution in [3.05, 3.63) is 65.7 Å². The van der Waals surface area contributed by atoms with Crippen molar-refractivity contribution in [3.63, 3.8) is 0 Å². The van der Waals surface area contributed by atoms with E-state index in [2.05, 4.69) is 12.0 Å². The maximum absolute atomic E-state index is 12.7. The number of benzene rings is 2. The molecule has 4 heteroatoms. The zero-order chi connectivity index (χ0) is 18.4. The van der Waals surface area contributed by atoms with Crippen LogP contribution < -0.4 is 9.75 Å². The van der Waals surface area contributed by atoms with Gasteiger partial charge in [-0.1, -0.05) is 50.1 Å². The molecular formula is C22H24N2O2. The van der Waals surface area contributed by atoms with Crippen LogP contribution in [-0.2, 0) is 4.79 Å². The molecule has 0 bridgehead atoms. The zero-order valence-electron chi connectivity index (χ0n) is 15.3. The quantitative estimate of drug-likeness (QED) is 0.518. The molecule has 0 atom stereocenters. The highest BCUT2D eigenvalue weighted by molar-refractivity contribution is 6.32. The number of carbonyl (C=O) groups excluding carboxylic acids is 1. The highest BCUT2D eigenvalue weighted by Crippen LogP contribution is 2.25. The molecule has 2 aromatic carbocycles. The lowest BCUT2D eigenvalue weighted by Gasteiger charge is -2.11. The minimum absolute atomic E-state index is 0.103. The van der Waals surface area contributed by atoms with Crippen LogP contribution in [0.2, 0.25) is 0 Å². The molecule has 4 nitrogen and oxygen atoms in total. The third kappa shape index (κ3) is 4.20. The summed E-state index contributed by atoms with van der Waals surface area (Å²) in [5.41, 5.74) is 3.07. The lowest BCUT2D eigenvalue weighted by Crippen LogP contribution is -2.21. The van der Waals surface area contributed by atoms with Crippen LogP contribution >= 0.6 is 0 Å². The highest BCUT2D eigenvalue weighted by Gasteiger charge is 2.28. The largest absolute Gasteiger partial charge is 0.494 e. The van der Waals surface area contributed by atoms with Gasteiger partial charge in [-0.15, -0.1) is 0 Å². The lowest BCUT2D eigenvalue weighted by molar-refractivity contribution is -0.114. The Kier molecular flexibility index (Phi) is 5.84. The van der Waals surface area contributed by atoms with Gasteiger partial charge in [0.2, 0.25) is 0 Å². The van der Waals surface area contributed by atoms with Crippen molar-refractivity contribution in [1.82, 2.24) is 0 Å². The molecule has 0 spiro atoms. The molecule has 0 radical (unpaired) electrons. The van der Waals surface area contributed by atoms with E-state index in [4.69, 9.17) is 4.74 Å². The fraction of sp³-hybridized carbons (Fsp3) is 0.273. The molecule has 1 amide bonds. The number of nitrogens with zero attached hydrogens (tertiary/aromatic N) is 2. The number of hydrogen-bond acceptors (Lipinski definition) is 3. The minimum atomic E-state index is -0.103. The number of ether oxygens (including phenoxy) is 1. The van der Waals surface area contributed by atoms with Crippen molar-refractivity contribution in [2.45, 2.75) is 33.1 Å². The van der Waals surface area contributed by atoms with Gasteiger partial charge in [-0.3, -0.25) is 4.79 Å². The van der Waals surface area contributed by atoms with Crippen molar-refractivity contribution < 1.29 is 9.53 Å². The minimum Gasteiger partial charge on any atom is -0.494 e. The average Bonchev–Trinajstić information content (AvgIpc) is 2.95. The average molecular weight is 348 g/mol. The van der Waals surface area contributed by atoms with E-state index < -0.39 is 0 Å². The van der Waals surface area contributed by atoms with Crippen molar-refractivity contribution in [1.29, 1.82) is 0 Å². The van der Waals surface area contributed by atoms with Gasteiger partial charge >= 0.3 is 0 Å². The van der Waals surface area contributed by atoms with E-state index in [-0.39, 0.29) is 5.91 Å². The maximum Gasteiger partial charge on any atom is 0.280 e. The summed E-state index contributed by atoms with van der Waals surface area (Å²) in [5, 5.41) is 5.85. The van der Waals surface area contributed by atoms with Gasteiger partial charge in [-0.2, -0.15) is 10.1 Å². The summed E-state index contributed by atoms with van der Waals surface area (Å²) < 4.78 is 5.73. The van der Waals surface area contributed by atoms with E-state index in [9.17, 15) is 4.79 Å². The van der Waals surface area contributed by atoms with Crippen molar-refractivity contribution in [2.24, 2.45) is 5.10 Å². The Morgan fingerprint density at radius 1 is 1.04 bits per heavy atom. The molecule has 0 saturated heterocycles. The van der Waals surface area contributed by atoms with E-state index in [1.807, 2.05) is 67.6 Å². The second kappa shape index (κ2) is 8.48. The monoisotopic (exact) mass is 348 g/mol. The third-order valence-corrected chi connectivity index (χ3v) is 4.27. The van der Waals surface area contributed by atoms with E-state index >= 15 is 0 Å². The highest BCUT2D eigenvalue weighted by atomic mass is 16.5. The number of unbranched alkanes of at least 4 members (excludes halogenated alkanes) is 2. The SMILES string of the molecule is CCCCCOc1ccc(C=C2C(=O)N(c3ccccc3)N=C2C)cc1. The normalized spacial score (nSPS) is 15.5. The predicted octanol–water partition coefficient (Wildman–Crippen LogP) is 5.06. The Bertz CT molecular complexity index is 808. The van der Waals surface area contributed by atoms with Crippen molar-refractivity contribution in [2.75, 3.05) is 11.6 Å². The van der Waals surface area contributed by atoms with E-state index in [1.54, 1.807) is 0 Å². The van der Waals surface area contributed by atoms with Gasteiger partial charge in [-0.25, -0.2) is 0 Å². The zero-order valence-corrected chi connectivity index (χ0v) is 15.3. The van der Waals surface area contributed by atoms with Crippen LogP contribution in [-0.4, -0.2) is 18.2 Å². The summed E-state index contributed by atoms with van der Waals surface area (Å²) in [5.74, 6) is 0.755. The van der Waals surface area contributed by atoms with Gasteiger partial charge in [0.1, 0.15) is 5.75 Å². The van der Waals surface area contributed by atoms with Gasteiger partial charge < -0.3 is 4.74 Å². The van der Waals surface area contributed by atoms with Crippen LogP contribution in [0.1, 0.15) is 38.7 Å². The fourth-order valence-electron chi connectivity index (χ4n) is 2.80.